The number of anilines is 2. The first-order valence-electron chi connectivity index (χ1n) is 14.7. The molecule has 0 amide bonds. The maximum absolute atomic E-state index is 12.8. The fourth-order valence-corrected chi connectivity index (χ4v) is 6.16. The number of aromatic nitrogens is 2. The standard InChI is InChI=1S/C36H36N4O4/c1-23-28-16-17-40(21-31(24-10-13-27(42-2)14-11-24)29(28)19-34(43-3)35(23)44-4)36-30-18-26(12-15-32(30)38-22-39-36)37-20-33(41)25-8-6-5-7-9-25/h5-15,18-19,22,31,37H,16-17,20-21H2,1-4H3. The number of hydrogen-bond acceptors (Lipinski definition) is 8. The molecule has 5 aromatic rings. The predicted molar refractivity (Wildman–Crippen MR) is 174 cm³/mol. The van der Waals surface area contributed by atoms with Crippen molar-refractivity contribution in [2.45, 2.75) is 19.3 Å². The molecule has 0 saturated carbocycles. The molecule has 1 atom stereocenters. The fourth-order valence-electron chi connectivity index (χ4n) is 6.16. The Labute approximate surface area is 257 Å². The first-order valence-corrected chi connectivity index (χ1v) is 14.7. The summed E-state index contributed by atoms with van der Waals surface area (Å²) in [6, 6.07) is 25.7. The van der Waals surface area contributed by atoms with Crippen LogP contribution in [0.4, 0.5) is 11.5 Å². The number of rotatable bonds is 9. The molecule has 224 valence electrons. The molecule has 1 aliphatic heterocycles. The molecule has 44 heavy (non-hydrogen) atoms. The van der Waals surface area contributed by atoms with Gasteiger partial charge in [0.25, 0.3) is 0 Å². The van der Waals surface area contributed by atoms with E-state index in [0.29, 0.717) is 12.1 Å². The second-order valence-corrected chi connectivity index (χ2v) is 10.9. The smallest absolute Gasteiger partial charge is 0.181 e. The zero-order valence-corrected chi connectivity index (χ0v) is 25.5. The summed E-state index contributed by atoms with van der Waals surface area (Å²) in [7, 11) is 5.05. The Morgan fingerprint density at radius 2 is 1.73 bits per heavy atom. The van der Waals surface area contributed by atoms with Gasteiger partial charge in [-0.15, -0.1) is 0 Å². The number of ether oxygens (including phenoxy) is 3. The van der Waals surface area contributed by atoms with Gasteiger partial charge in [-0.25, -0.2) is 9.97 Å². The Morgan fingerprint density at radius 3 is 2.45 bits per heavy atom. The number of carbonyl (C=O) groups excluding carboxylic acids is 1. The third-order valence-electron chi connectivity index (χ3n) is 8.47. The minimum Gasteiger partial charge on any atom is -0.497 e. The monoisotopic (exact) mass is 588 g/mol. The van der Waals surface area contributed by atoms with Crippen molar-refractivity contribution in [3.05, 3.63) is 113 Å². The zero-order valence-electron chi connectivity index (χ0n) is 25.5. The molecule has 0 fully saturated rings. The number of ketones is 1. The van der Waals surface area contributed by atoms with Gasteiger partial charge in [-0.1, -0.05) is 42.5 Å². The molecule has 0 spiro atoms. The van der Waals surface area contributed by atoms with Gasteiger partial charge in [0, 0.05) is 35.6 Å². The molecule has 1 unspecified atom stereocenters. The average molecular weight is 589 g/mol. The summed E-state index contributed by atoms with van der Waals surface area (Å²) in [5, 5.41) is 4.23. The van der Waals surface area contributed by atoms with Crippen LogP contribution < -0.4 is 24.4 Å². The van der Waals surface area contributed by atoms with Crippen molar-refractivity contribution in [3.8, 4) is 17.2 Å². The van der Waals surface area contributed by atoms with E-state index in [4.69, 9.17) is 19.2 Å². The highest BCUT2D eigenvalue weighted by Crippen LogP contribution is 2.43. The average Bonchev–Trinajstić information content (AvgIpc) is 3.27. The van der Waals surface area contributed by atoms with Gasteiger partial charge >= 0.3 is 0 Å². The Bertz CT molecular complexity index is 1790. The number of Topliss-reactive ketones (excluding diaryl/α,β-unsaturated/α-hetero) is 1. The number of fused-ring (bicyclic) bond motifs is 2. The quantitative estimate of drug-likeness (QED) is 0.197. The second kappa shape index (κ2) is 12.6. The zero-order chi connectivity index (χ0) is 30.6. The van der Waals surface area contributed by atoms with E-state index in [1.807, 2.05) is 60.7 Å². The molecule has 8 heteroatoms. The van der Waals surface area contributed by atoms with Crippen molar-refractivity contribution in [2.75, 3.05) is 51.2 Å². The van der Waals surface area contributed by atoms with Gasteiger partial charge in [0.1, 0.15) is 17.9 Å². The highest BCUT2D eigenvalue weighted by atomic mass is 16.5. The maximum atomic E-state index is 12.8. The minimum atomic E-state index is 0.0316. The van der Waals surface area contributed by atoms with Crippen molar-refractivity contribution >= 4 is 28.2 Å². The first kappa shape index (κ1) is 29.0. The third kappa shape index (κ3) is 5.63. The lowest BCUT2D eigenvalue weighted by Gasteiger charge is -2.28. The van der Waals surface area contributed by atoms with Gasteiger partial charge in [-0.3, -0.25) is 4.79 Å². The highest BCUT2D eigenvalue weighted by molar-refractivity contribution is 5.99. The normalized spacial score (nSPS) is 14.5. The van der Waals surface area contributed by atoms with Crippen LogP contribution in [0, 0.1) is 6.92 Å². The summed E-state index contributed by atoms with van der Waals surface area (Å²) in [5.74, 6) is 3.23. The van der Waals surface area contributed by atoms with Gasteiger partial charge < -0.3 is 24.4 Å². The predicted octanol–water partition coefficient (Wildman–Crippen LogP) is 6.45. The van der Waals surface area contributed by atoms with Crippen molar-refractivity contribution in [1.29, 1.82) is 0 Å². The molecule has 0 bridgehead atoms. The molecule has 1 aliphatic rings. The Kier molecular flexibility index (Phi) is 8.32. The van der Waals surface area contributed by atoms with Gasteiger partial charge in [0.15, 0.2) is 17.3 Å². The summed E-state index contributed by atoms with van der Waals surface area (Å²) in [6.07, 6.45) is 2.44. The van der Waals surface area contributed by atoms with Crippen molar-refractivity contribution in [2.24, 2.45) is 0 Å². The van der Waals surface area contributed by atoms with Crippen LogP contribution in [0.25, 0.3) is 10.9 Å². The van der Waals surface area contributed by atoms with Crippen molar-refractivity contribution in [1.82, 2.24) is 9.97 Å². The summed E-state index contributed by atoms with van der Waals surface area (Å²) in [4.78, 5) is 24.5. The summed E-state index contributed by atoms with van der Waals surface area (Å²) < 4.78 is 17.0. The van der Waals surface area contributed by atoms with Gasteiger partial charge in [0.05, 0.1) is 33.4 Å². The highest BCUT2D eigenvalue weighted by Gasteiger charge is 2.30. The van der Waals surface area contributed by atoms with E-state index >= 15 is 0 Å². The van der Waals surface area contributed by atoms with E-state index in [-0.39, 0.29) is 18.2 Å². The number of methoxy groups -OCH3 is 3. The van der Waals surface area contributed by atoms with Gasteiger partial charge in [-0.05, 0) is 72.0 Å². The summed E-state index contributed by atoms with van der Waals surface area (Å²) in [6.45, 7) is 3.76. The Hall–Kier alpha value is -5.11. The molecular formula is C36H36N4O4. The lowest BCUT2D eigenvalue weighted by molar-refractivity contribution is 0.101. The number of nitrogens with zero attached hydrogens (tertiary/aromatic N) is 3. The van der Waals surface area contributed by atoms with E-state index in [1.165, 1.54) is 16.7 Å². The maximum Gasteiger partial charge on any atom is 0.181 e. The molecule has 0 radical (unpaired) electrons. The Morgan fingerprint density at radius 1 is 0.932 bits per heavy atom. The summed E-state index contributed by atoms with van der Waals surface area (Å²) >= 11 is 0. The van der Waals surface area contributed by atoms with Gasteiger partial charge in [0.2, 0.25) is 0 Å². The van der Waals surface area contributed by atoms with E-state index in [1.54, 1.807) is 27.7 Å². The minimum absolute atomic E-state index is 0.0316. The third-order valence-corrected chi connectivity index (χ3v) is 8.47. The lowest BCUT2D eigenvalue weighted by Crippen LogP contribution is -2.29. The first-order chi connectivity index (χ1) is 21.5. The number of carbonyl (C=O) groups is 1. The van der Waals surface area contributed by atoms with Crippen LogP contribution in [-0.2, 0) is 6.42 Å². The molecule has 1 N–H and O–H groups in total. The Balaban J connectivity index is 1.38. The van der Waals surface area contributed by atoms with E-state index < -0.39 is 0 Å². The molecule has 0 aliphatic carbocycles. The second-order valence-electron chi connectivity index (χ2n) is 10.9. The summed E-state index contributed by atoms with van der Waals surface area (Å²) in [5.41, 5.74) is 7.10. The molecule has 1 aromatic heterocycles. The SMILES string of the molecule is COc1ccc(C2CN(c3ncnc4ccc(NCC(=O)c5ccccc5)cc34)CCc3c2cc(OC)c(OC)c3C)cc1. The lowest BCUT2D eigenvalue weighted by atomic mass is 9.85. The van der Waals surface area contributed by atoms with Crippen LogP contribution in [0.3, 0.4) is 0 Å². The van der Waals surface area contributed by atoms with Crippen molar-refractivity contribution < 1.29 is 19.0 Å². The molecule has 8 nitrogen and oxygen atoms in total. The van der Waals surface area contributed by atoms with E-state index in [9.17, 15) is 4.79 Å². The number of benzene rings is 4. The van der Waals surface area contributed by atoms with Crippen LogP contribution >= 0.6 is 0 Å². The number of nitrogens with one attached hydrogen (secondary N) is 1. The van der Waals surface area contributed by atoms with Crippen LogP contribution in [-0.4, -0.2) is 56.7 Å². The largest absolute Gasteiger partial charge is 0.497 e. The molecule has 4 aromatic carbocycles. The van der Waals surface area contributed by atoms with E-state index in [0.717, 1.165) is 58.2 Å². The molecule has 0 saturated heterocycles. The van der Waals surface area contributed by atoms with Crippen molar-refractivity contribution in [3.63, 3.8) is 0 Å². The fraction of sp³-hybridized carbons (Fsp3) is 0.250. The van der Waals surface area contributed by atoms with Gasteiger partial charge in [-0.2, -0.15) is 0 Å². The van der Waals surface area contributed by atoms with Crippen LogP contribution in [0.15, 0.2) is 85.2 Å². The topological polar surface area (TPSA) is 85.8 Å². The molecule has 6 rings (SSSR count). The van der Waals surface area contributed by atoms with Crippen LogP contribution in [0.5, 0.6) is 17.2 Å². The van der Waals surface area contributed by atoms with Crippen LogP contribution in [0.2, 0.25) is 0 Å². The molecule has 2 heterocycles. The molecular weight excluding hydrogens is 552 g/mol. The van der Waals surface area contributed by atoms with E-state index in [2.05, 4.69) is 40.3 Å². The number of hydrogen-bond donors (Lipinski definition) is 1. The van der Waals surface area contributed by atoms with Crippen LogP contribution in [0.1, 0.15) is 38.5 Å².